The highest BCUT2D eigenvalue weighted by Gasteiger charge is 2.30. The van der Waals surface area contributed by atoms with Crippen molar-refractivity contribution >= 4 is 0 Å². The van der Waals surface area contributed by atoms with Gasteiger partial charge < -0.3 is 4.74 Å². The van der Waals surface area contributed by atoms with Gasteiger partial charge in [-0.25, -0.2) is 0 Å². The van der Waals surface area contributed by atoms with Crippen molar-refractivity contribution in [3.63, 3.8) is 0 Å². The summed E-state index contributed by atoms with van der Waals surface area (Å²) >= 11 is 0. The van der Waals surface area contributed by atoms with Crippen LogP contribution >= 0.6 is 0 Å². The Balaban J connectivity index is 1.57. The second kappa shape index (κ2) is 12.1. The lowest BCUT2D eigenvalue weighted by Gasteiger charge is -2.37. The van der Waals surface area contributed by atoms with E-state index in [9.17, 15) is 0 Å². The number of unbranched alkanes of at least 4 members (excludes halogenated alkanes) is 4. The van der Waals surface area contributed by atoms with Gasteiger partial charge in [0.2, 0.25) is 0 Å². The molecule has 2 rings (SSSR count). The Hall–Kier alpha value is -0.300. The van der Waals surface area contributed by atoms with E-state index in [2.05, 4.69) is 26.0 Å². The second-order valence-electron chi connectivity index (χ2n) is 8.36. The molecule has 0 heterocycles. The fourth-order valence-corrected chi connectivity index (χ4v) is 4.75. The zero-order valence-electron chi connectivity index (χ0n) is 16.5. The minimum absolute atomic E-state index is 0.580. The van der Waals surface area contributed by atoms with E-state index in [1.165, 1.54) is 89.9 Å². The van der Waals surface area contributed by atoms with Crippen molar-refractivity contribution in [2.45, 2.75) is 110 Å². The molecular formula is C23H42O. The largest absolute Gasteiger partial charge is 0.378 e. The second-order valence-corrected chi connectivity index (χ2v) is 8.36. The van der Waals surface area contributed by atoms with E-state index in [0.29, 0.717) is 6.10 Å². The van der Waals surface area contributed by atoms with Crippen LogP contribution in [-0.4, -0.2) is 12.7 Å². The molecule has 140 valence electrons. The van der Waals surface area contributed by atoms with E-state index in [1.807, 2.05) is 0 Å². The van der Waals surface area contributed by atoms with Gasteiger partial charge in [0.15, 0.2) is 0 Å². The molecule has 0 saturated heterocycles. The van der Waals surface area contributed by atoms with Crippen molar-refractivity contribution in [3.05, 3.63) is 12.2 Å². The molecule has 0 N–H and O–H groups in total. The predicted octanol–water partition coefficient (Wildman–Crippen LogP) is 7.30. The number of hydrogen-bond acceptors (Lipinski definition) is 1. The first-order valence-corrected chi connectivity index (χ1v) is 11.1. The van der Waals surface area contributed by atoms with E-state index < -0.39 is 0 Å². The zero-order chi connectivity index (χ0) is 17.0. The average molecular weight is 335 g/mol. The average Bonchev–Trinajstić information content (AvgIpc) is 2.64. The Kier molecular flexibility index (Phi) is 10.1. The summed E-state index contributed by atoms with van der Waals surface area (Å²) in [5.74, 6) is 2.91. The lowest BCUT2D eigenvalue weighted by Crippen LogP contribution is -2.28. The Labute approximate surface area is 151 Å². The minimum atomic E-state index is 0.580. The third-order valence-corrected chi connectivity index (χ3v) is 6.44. The lowest BCUT2D eigenvalue weighted by atomic mass is 9.70. The van der Waals surface area contributed by atoms with E-state index in [1.54, 1.807) is 0 Å². The quantitative estimate of drug-likeness (QED) is 0.301. The predicted molar refractivity (Wildman–Crippen MR) is 105 cm³/mol. The molecule has 0 radical (unpaired) electrons. The molecule has 0 aromatic rings. The maximum atomic E-state index is 6.09. The third-order valence-electron chi connectivity index (χ3n) is 6.44. The SMILES string of the molecule is CCCCC=CC1CCC(C2CCC(OCCCCC)CC2)CC1. The van der Waals surface area contributed by atoms with Crippen molar-refractivity contribution in [1.82, 2.24) is 0 Å². The molecule has 0 aromatic carbocycles. The van der Waals surface area contributed by atoms with Crippen LogP contribution in [0.3, 0.4) is 0 Å². The standard InChI is InChI=1S/C23H42O/c1-3-5-7-8-10-20-11-13-21(14-12-20)22-15-17-23(18-16-22)24-19-9-6-4-2/h8,10,20-23H,3-7,9,11-19H2,1-2H3. The number of allylic oxidation sites excluding steroid dienone is 2. The van der Waals surface area contributed by atoms with Gasteiger partial charge in [-0.3, -0.25) is 0 Å². The molecule has 0 atom stereocenters. The molecule has 1 nitrogen and oxygen atoms in total. The maximum Gasteiger partial charge on any atom is 0.0575 e. The van der Waals surface area contributed by atoms with Gasteiger partial charge in [-0.1, -0.05) is 51.7 Å². The first-order chi connectivity index (χ1) is 11.8. The van der Waals surface area contributed by atoms with Crippen LogP contribution in [0.4, 0.5) is 0 Å². The summed E-state index contributed by atoms with van der Waals surface area (Å²) < 4.78 is 6.09. The summed E-state index contributed by atoms with van der Waals surface area (Å²) in [6.45, 7) is 5.55. The Morgan fingerprint density at radius 1 is 0.750 bits per heavy atom. The number of rotatable bonds is 10. The van der Waals surface area contributed by atoms with Crippen molar-refractivity contribution in [3.8, 4) is 0 Å². The molecule has 1 heteroatoms. The van der Waals surface area contributed by atoms with Crippen molar-refractivity contribution in [2.75, 3.05) is 6.61 Å². The zero-order valence-corrected chi connectivity index (χ0v) is 16.5. The van der Waals surface area contributed by atoms with Gasteiger partial charge in [-0.2, -0.15) is 0 Å². The van der Waals surface area contributed by atoms with E-state index >= 15 is 0 Å². The van der Waals surface area contributed by atoms with Crippen LogP contribution in [0, 0.1) is 17.8 Å². The van der Waals surface area contributed by atoms with Gasteiger partial charge in [0.25, 0.3) is 0 Å². The van der Waals surface area contributed by atoms with Crippen LogP contribution in [0.1, 0.15) is 104 Å². The lowest BCUT2D eigenvalue weighted by molar-refractivity contribution is 0.00606. The summed E-state index contributed by atoms with van der Waals surface area (Å²) in [4.78, 5) is 0. The Morgan fingerprint density at radius 2 is 1.38 bits per heavy atom. The van der Waals surface area contributed by atoms with Gasteiger partial charge >= 0.3 is 0 Å². The molecule has 2 aliphatic rings. The normalized spacial score (nSPS) is 31.6. The van der Waals surface area contributed by atoms with Crippen LogP contribution in [0.15, 0.2) is 12.2 Å². The smallest absolute Gasteiger partial charge is 0.0575 e. The van der Waals surface area contributed by atoms with Crippen LogP contribution in [0.25, 0.3) is 0 Å². The summed E-state index contributed by atoms with van der Waals surface area (Å²) in [5, 5.41) is 0. The molecule has 0 spiro atoms. The van der Waals surface area contributed by atoms with E-state index in [0.717, 1.165) is 24.4 Å². The molecule has 24 heavy (non-hydrogen) atoms. The third kappa shape index (κ3) is 7.30. The topological polar surface area (TPSA) is 9.23 Å². The van der Waals surface area contributed by atoms with Crippen LogP contribution in [0.2, 0.25) is 0 Å². The molecule has 0 bridgehead atoms. The van der Waals surface area contributed by atoms with Crippen LogP contribution in [-0.2, 0) is 4.74 Å². The fraction of sp³-hybridized carbons (Fsp3) is 0.913. The van der Waals surface area contributed by atoms with Gasteiger partial charge in [-0.05, 0) is 82.0 Å². The highest BCUT2D eigenvalue weighted by Crippen LogP contribution is 2.40. The molecule has 2 fully saturated rings. The van der Waals surface area contributed by atoms with Gasteiger partial charge in [0.1, 0.15) is 0 Å². The maximum absolute atomic E-state index is 6.09. The molecule has 0 amide bonds. The first kappa shape index (κ1) is 20.0. The fourth-order valence-electron chi connectivity index (χ4n) is 4.75. The van der Waals surface area contributed by atoms with E-state index in [4.69, 9.17) is 4.74 Å². The van der Waals surface area contributed by atoms with Crippen molar-refractivity contribution in [2.24, 2.45) is 17.8 Å². The summed E-state index contributed by atoms with van der Waals surface area (Å²) in [5.41, 5.74) is 0. The first-order valence-electron chi connectivity index (χ1n) is 11.1. The summed E-state index contributed by atoms with van der Waals surface area (Å²) in [7, 11) is 0. The molecule has 0 aliphatic heterocycles. The monoisotopic (exact) mass is 334 g/mol. The van der Waals surface area contributed by atoms with Crippen LogP contribution in [0.5, 0.6) is 0 Å². The highest BCUT2D eigenvalue weighted by molar-refractivity contribution is 4.92. The van der Waals surface area contributed by atoms with Gasteiger partial charge in [0.05, 0.1) is 6.10 Å². The number of ether oxygens (including phenoxy) is 1. The van der Waals surface area contributed by atoms with Crippen LogP contribution < -0.4 is 0 Å². The van der Waals surface area contributed by atoms with E-state index in [-0.39, 0.29) is 0 Å². The molecular weight excluding hydrogens is 292 g/mol. The molecule has 0 unspecified atom stereocenters. The molecule has 2 saturated carbocycles. The highest BCUT2D eigenvalue weighted by atomic mass is 16.5. The van der Waals surface area contributed by atoms with Crippen molar-refractivity contribution < 1.29 is 4.74 Å². The van der Waals surface area contributed by atoms with Gasteiger partial charge in [0, 0.05) is 6.61 Å². The van der Waals surface area contributed by atoms with Gasteiger partial charge in [-0.15, -0.1) is 0 Å². The molecule has 0 aromatic heterocycles. The minimum Gasteiger partial charge on any atom is -0.378 e. The number of hydrogen-bond donors (Lipinski definition) is 0. The molecule has 2 aliphatic carbocycles. The Bertz CT molecular complexity index is 319. The summed E-state index contributed by atoms with van der Waals surface area (Å²) in [6.07, 6.45) is 24.8. The Morgan fingerprint density at radius 3 is 2.00 bits per heavy atom. The van der Waals surface area contributed by atoms with Crippen molar-refractivity contribution in [1.29, 1.82) is 0 Å². The summed E-state index contributed by atoms with van der Waals surface area (Å²) in [6, 6.07) is 0.